The second-order valence-corrected chi connectivity index (χ2v) is 6.70. The van der Waals surface area contributed by atoms with Crippen LogP contribution in [0.25, 0.3) is 11.0 Å². The van der Waals surface area contributed by atoms with E-state index in [0.29, 0.717) is 11.3 Å². The summed E-state index contributed by atoms with van der Waals surface area (Å²) >= 11 is 1.66. The Balaban J connectivity index is 1.98. The van der Waals surface area contributed by atoms with Gasteiger partial charge in [0.15, 0.2) is 0 Å². The molecule has 6 heteroatoms. The van der Waals surface area contributed by atoms with Crippen LogP contribution in [0, 0.1) is 0 Å². The van der Waals surface area contributed by atoms with Gasteiger partial charge in [0.25, 0.3) is 0 Å². The Morgan fingerprint density at radius 3 is 2.64 bits per heavy atom. The van der Waals surface area contributed by atoms with E-state index in [1.54, 1.807) is 17.8 Å². The molecule has 2 aromatic carbocycles. The van der Waals surface area contributed by atoms with Gasteiger partial charge < -0.3 is 10.1 Å². The van der Waals surface area contributed by atoms with Gasteiger partial charge in [-0.1, -0.05) is 31.2 Å². The number of hydrogen-bond acceptors (Lipinski definition) is 3. The average Bonchev–Trinajstić information content (AvgIpc) is 2.74. The first kappa shape index (κ1) is 17.9. The number of fused-ring (bicyclic) bond motifs is 2. The molecule has 132 valence electrons. The van der Waals surface area contributed by atoms with E-state index in [4.69, 9.17) is 4.74 Å². The molecule has 1 N–H and O–H groups in total. The standard InChI is InChI=1S/C19H18F3NOS/c1-2-23-9-10-25-18-11-13-7-8-14(19(20,21)22)12-17(13)24-16-6-4-3-5-15(16)18/h3-8,11-12,23H,2,9-10H2,1H3. The quantitative estimate of drug-likeness (QED) is 0.692. The molecule has 0 fully saturated rings. The maximum absolute atomic E-state index is 13.0. The van der Waals surface area contributed by atoms with E-state index in [-0.39, 0.29) is 5.75 Å². The maximum Gasteiger partial charge on any atom is 0.416 e. The van der Waals surface area contributed by atoms with E-state index in [1.165, 1.54) is 6.07 Å². The Labute approximate surface area is 149 Å². The predicted octanol–water partition coefficient (Wildman–Crippen LogP) is 5.65. The minimum Gasteiger partial charge on any atom is -0.456 e. The summed E-state index contributed by atoms with van der Waals surface area (Å²) in [5.74, 6) is 1.66. The molecule has 0 saturated heterocycles. The smallest absolute Gasteiger partial charge is 0.416 e. The number of rotatable bonds is 5. The van der Waals surface area contributed by atoms with Crippen LogP contribution in [-0.2, 0) is 6.18 Å². The number of alkyl halides is 3. The van der Waals surface area contributed by atoms with Crippen molar-refractivity contribution in [2.45, 2.75) is 13.1 Å². The Bertz CT molecular complexity index is 786. The van der Waals surface area contributed by atoms with Gasteiger partial charge in [0.1, 0.15) is 11.5 Å². The number of nitrogens with one attached hydrogen (secondary N) is 1. The first-order valence-corrected chi connectivity index (χ1v) is 9.01. The van der Waals surface area contributed by atoms with E-state index in [0.717, 1.165) is 41.4 Å². The molecule has 25 heavy (non-hydrogen) atoms. The lowest BCUT2D eigenvalue weighted by Crippen LogP contribution is -2.15. The first-order valence-electron chi connectivity index (χ1n) is 8.02. The minimum atomic E-state index is -4.39. The van der Waals surface area contributed by atoms with Gasteiger partial charge >= 0.3 is 6.18 Å². The summed E-state index contributed by atoms with van der Waals surface area (Å²) < 4.78 is 44.8. The van der Waals surface area contributed by atoms with Crippen LogP contribution in [0.4, 0.5) is 13.2 Å². The minimum absolute atomic E-state index is 0.226. The fraction of sp³-hybridized carbons (Fsp3) is 0.263. The topological polar surface area (TPSA) is 21.3 Å². The van der Waals surface area contributed by atoms with Crippen molar-refractivity contribution < 1.29 is 17.9 Å². The average molecular weight is 365 g/mol. The van der Waals surface area contributed by atoms with Crippen LogP contribution in [0.1, 0.15) is 23.6 Å². The van der Waals surface area contributed by atoms with Crippen molar-refractivity contribution in [1.29, 1.82) is 0 Å². The van der Waals surface area contributed by atoms with Gasteiger partial charge in [-0.05, 0) is 30.8 Å². The van der Waals surface area contributed by atoms with Crippen LogP contribution in [0.5, 0.6) is 11.5 Å². The van der Waals surface area contributed by atoms with Crippen LogP contribution in [0.3, 0.4) is 0 Å². The summed E-state index contributed by atoms with van der Waals surface area (Å²) in [4.78, 5) is 0.993. The normalized spacial score (nSPS) is 13.4. The molecule has 1 aliphatic rings. The monoisotopic (exact) mass is 365 g/mol. The molecular formula is C19H18F3NOS. The zero-order valence-corrected chi connectivity index (χ0v) is 14.5. The van der Waals surface area contributed by atoms with Crippen LogP contribution in [0.2, 0.25) is 0 Å². The lowest BCUT2D eigenvalue weighted by molar-refractivity contribution is -0.137. The van der Waals surface area contributed by atoms with Crippen molar-refractivity contribution in [2.75, 3.05) is 18.8 Å². The lowest BCUT2D eigenvalue weighted by atomic mass is 10.1. The van der Waals surface area contributed by atoms with Crippen molar-refractivity contribution in [2.24, 2.45) is 0 Å². The third-order valence-corrected chi connectivity index (χ3v) is 4.84. The zero-order valence-electron chi connectivity index (χ0n) is 13.7. The largest absolute Gasteiger partial charge is 0.456 e. The number of halogens is 3. The summed E-state index contributed by atoms with van der Waals surface area (Å²) in [5.41, 5.74) is 0.837. The zero-order chi connectivity index (χ0) is 17.9. The number of para-hydroxylation sites is 1. The van der Waals surface area contributed by atoms with Gasteiger partial charge in [0.2, 0.25) is 0 Å². The molecule has 0 radical (unpaired) electrons. The second kappa shape index (κ2) is 7.54. The van der Waals surface area contributed by atoms with Crippen molar-refractivity contribution in [3.05, 3.63) is 59.2 Å². The molecule has 2 aromatic rings. The molecule has 1 aliphatic heterocycles. The summed E-state index contributed by atoms with van der Waals surface area (Å²) in [6, 6.07) is 11.1. The lowest BCUT2D eigenvalue weighted by Gasteiger charge is -2.12. The number of hydrogen-bond donors (Lipinski definition) is 1. The summed E-state index contributed by atoms with van der Waals surface area (Å²) in [5, 5.41) is 3.27. The third-order valence-electron chi connectivity index (χ3n) is 3.79. The number of thioether (sulfide) groups is 1. The van der Waals surface area contributed by atoms with E-state index in [1.807, 2.05) is 31.2 Å². The van der Waals surface area contributed by atoms with Gasteiger partial charge in [-0.3, -0.25) is 0 Å². The van der Waals surface area contributed by atoms with Crippen molar-refractivity contribution in [3.63, 3.8) is 0 Å². The van der Waals surface area contributed by atoms with Gasteiger partial charge in [0.05, 0.1) is 5.56 Å². The first-order chi connectivity index (χ1) is 12.0. The Hall–Kier alpha value is -1.92. The summed E-state index contributed by atoms with van der Waals surface area (Å²) in [7, 11) is 0. The number of benzene rings is 2. The molecule has 0 unspecified atom stereocenters. The van der Waals surface area contributed by atoms with E-state index in [2.05, 4.69) is 5.32 Å². The fourth-order valence-corrected chi connectivity index (χ4v) is 3.55. The van der Waals surface area contributed by atoms with Crippen molar-refractivity contribution >= 4 is 22.7 Å². The van der Waals surface area contributed by atoms with Crippen molar-refractivity contribution in [1.82, 2.24) is 5.32 Å². The van der Waals surface area contributed by atoms with Gasteiger partial charge in [-0.2, -0.15) is 13.2 Å². The predicted molar refractivity (Wildman–Crippen MR) is 96.8 cm³/mol. The molecule has 0 amide bonds. The van der Waals surface area contributed by atoms with Crippen LogP contribution in [0.15, 0.2) is 42.5 Å². The van der Waals surface area contributed by atoms with Crippen LogP contribution < -0.4 is 10.1 Å². The highest BCUT2D eigenvalue weighted by atomic mass is 32.2. The Morgan fingerprint density at radius 2 is 1.88 bits per heavy atom. The van der Waals surface area contributed by atoms with E-state index < -0.39 is 11.7 Å². The molecule has 0 atom stereocenters. The van der Waals surface area contributed by atoms with Gasteiger partial charge in [-0.15, -0.1) is 11.8 Å². The molecular weight excluding hydrogens is 347 g/mol. The number of ether oxygens (including phenoxy) is 1. The molecule has 2 nitrogen and oxygen atoms in total. The molecule has 0 bridgehead atoms. The van der Waals surface area contributed by atoms with Gasteiger partial charge in [-0.25, -0.2) is 0 Å². The summed E-state index contributed by atoms with van der Waals surface area (Å²) in [6.07, 6.45) is -2.49. The van der Waals surface area contributed by atoms with Crippen LogP contribution >= 0.6 is 11.8 Å². The van der Waals surface area contributed by atoms with Crippen molar-refractivity contribution in [3.8, 4) is 11.5 Å². The molecule has 3 rings (SSSR count). The molecule has 0 spiro atoms. The van der Waals surface area contributed by atoms with Gasteiger partial charge in [0, 0.05) is 28.3 Å². The SMILES string of the molecule is CCNCCSC1=Cc2ccc(C(F)(F)F)cc2Oc2ccccc21. The van der Waals surface area contributed by atoms with E-state index >= 15 is 0 Å². The second-order valence-electron chi connectivity index (χ2n) is 5.56. The Morgan fingerprint density at radius 1 is 1.08 bits per heavy atom. The molecule has 0 aliphatic carbocycles. The highest BCUT2D eigenvalue weighted by molar-refractivity contribution is 8.08. The fourth-order valence-electron chi connectivity index (χ4n) is 2.54. The molecule has 0 aromatic heterocycles. The highest BCUT2D eigenvalue weighted by Gasteiger charge is 2.31. The maximum atomic E-state index is 13.0. The van der Waals surface area contributed by atoms with Crippen LogP contribution in [-0.4, -0.2) is 18.8 Å². The third kappa shape index (κ3) is 4.19. The molecule has 1 heterocycles. The highest BCUT2D eigenvalue weighted by Crippen LogP contribution is 2.44. The molecule has 0 saturated carbocycles. The Kier molecular flexibility index (Phi) is 5.39. The van der Waals surface area contributed by atoms with E-state index in [9.17, 15) is 13.2 Å². The summed E-state index contributed by atoms with van der Waals surface area (Å²) in [6.45, 7) is 3.82.